The van der Waals surface area contributed by atoms with Gasteiger partial charge in [0.15, 0.2) is 0 Å². The summed E-state index contributed by atoms with van der Waals surface area (Å²) in [6.45, 7) is 4.96. The molecule has 4 nitrogen and oxygen atoms in total. The first-order chi connectivity index (χ1) is 9.56. The fourth-order valence-corrected chi connectivity index (χ4v) is 3.06. The predicted molar refractivity (Wildman–Crippen MR) is 83.0 cm³/mol. The van der Waals surface area contributed by atoms with Crippen molar-refractivity contribution < 1.29 is 9.59 Å². The van der Waals surface area contributed by atoms with E-state index in [1.54, 1.807) is 11.8 Å². The fraction of sp³-hybridized carbons (Fsp3) is 0.467. The summed E-state index contributed by atoms with van der Waals surface area (Å²) in [6, 6.07) is 7.84. The molecule has 0 unspecified atom stereocenters. The SMILES string of the molecule is CC(C)c1ccc(NC(=O)C[C@H]2SCCNC2=O)cc1. The van der Waals surface area contributed by atoms with Gasteiger partial charge in [0.25, 0.3) is 0 Å². The van der Waals surface area contributed by atoms with E-state index in [1.807, 2.05) is 24.3 Å². The molecule has 2 amide bonds. The van der Waals surface area contributed by atoms with Gasteiger partial charge < -0.3 is 10.6 Å². The molecule has 0 saturated carbocycles. The number of nitrogens with one attached hydrogen (secondary N) is 2. The van der Waals surface area contributed by atoms with E-state index in [2.05, 4.69) is 24.5 Å². The van der Waals surface area contributed by atoms with Gasteiger partial charge in [-0.05, 0) is 23.6 Å². The maximum absolute atomic E-state index is 11.9. The number of thioether (sulfide) groups is 1. The number of anilines is 1. The zero-order chi connectivity index (χ0) is 14.5. The molecule has 2 N–H and O–H groups in total. The Labute approximate surface area is 123 Å². The quantitative estimate of drug-likeness (QED) is 0.895. The number of hydrogen-bond acceptors (Lipinski definition) is 3. The van der Waals surface area contributed by atoms with Crippen molar-refractivity contribution in [2.45, 2.75) is 31.4 Å². The van der Waals surface area contributed by atoms with Crippen LogP contribution in [0.5, 0.6) is 0 Å². The Morgan fingerprint density at radius 2 is 2.10 bits per heavy atom. The Hall–Kier alpha value is -1.49. The van der Waals surface area contributed by atoms with Gasteiger partial charge >= 0.3 is 0 Å². The number of hydrogen-bond donors (Lipinski definition) is 2. The number of carbonyl (C=O) groups excluding carboxylic acids is 2. The van der Waals surface area contributed by atoms with E-state index in [0.29, 0.717) is 12.5 Å². The Bertz CT molecular complexity index is 485. The highest BCUT2D eigenvalue weighted by Gasteiger charge is 2.25. The molecule has 1 aliphatic rings. The lowest BCUT2D eigenvalue weighted by Crippen LogP contribution is -2.40. The molecule has 1 aromatic rings. The summed E-state index contributed by atoms with van der Waals surface area (Å²) in [7, 11) is 0. The van der Waals surface area contributed by atoms with Crippen molar-refractivity contribution in [2.24, 2.45) is 0 Å². The van der Waals surface area contributed by atoms with Crippen molar-refractivity contribution in [2.75, 3.05) is 17.6 Å². The smallest absolute Gasteiger partial charge is 0.233 e. The Morgan fingerprint density at radius 3 is 2.70 bits per heavy atom. The Kier molecular flexibility index (Phi) is 5.06. The Balaban J connectivity index is 1.89. The molecule has 0 radical (unpaired) electrons. The summed E-state index contributed by atoms with van der Waals surface area (Å²) in [6.07, 6.45) is 0.225. The number of benzene rings is 1. The molecule has 108 valence electrons. The topological polar surface area (TPSA) is 58.2 Å². The van der Waals surface area contributed by atoms with E-state index in [-0.39, 0.29) is 23.5 Å². The van der Waals surface area contributed by atoms with Gasteiger partial charge in [-0.2, -0.15) is 0 Å². The zero-order valence-electron chi connectivity index (χ0n) is 11.8. The zero-order valence-corrected chi connectivity index (χ0v) is 12.6. The van der Waals surface area contributed by atoms with Crippen molar-refractivity contribution in [1.29, 1.82) is 0 Å². The van der Waals surface area contributed by atoms with Crippen molar-refractivity contribution in [3.63, 3.8) is 0 Å². The van der Waals surface area contributed by atoms with Gasteiger partial charge in [0.2, 0.25) is 11.8 Å². The van der Waals surface area contributed by atoms with Gasteiger partial charge in [-0.3, -0.25) is 9.59 Å². The summed E-state index contributed by atoms with van der Waals surface area (Å²) in [5.41, 5.74) is 2.02. The van der Waals surface area contributed by atoms with E-state index in [4.69, 9.17) is 0 Å². The largest absolute Gasteiger partial charge is 0.354 e. The highest BCUT2D eigenvalue weighted by atomic mass is 32.2. The van der Waals surface area contributed by atoms with Crippen LogP contribution in [-0.4, -0.2) is 29.4 Å². The second-order valence-electron chi connectivity index (χ2n) is 5.18. The second-order valence-corrected chi connectivity index (χ2v) is 6.49. The van der Waals surface area contributed by atoms with Crippen LogP contribution in [-0.2, 0) is 9.59 Å². The monoisotopic (exact) mass is 292 g/mol. The summed E-state index contributed by atoms with van der Waals surface area (Å²) >= 11 is 1.54. The molecule has 2 rings (SSSR count). The third-order valence-corrected chi connectivity index (χ3v) is 4.47. The molecule has 0 bridgehead atoms. The molecule has 1 saturated heterocycles. The van der Waals surface area contributed by atoms with Gasteiger partial charge in [-0.1, -0.05) is 26.0 Å². The molecule has 1 aromatic carbocycles. The maximum atomic E-state index is 11.9. The standard InChI is InChI=1S/C15H20N2O2S/c1-10(2)11-3-5-12(6-4-11)17-14(18)9-13-15(19)16-7-8-20-13/h3-6,10,13H,7-9H2,1-2H3,(H,16,19)(H,17,18)/t13-/m1/s1. The van der Waals surface area contributed by atoms with Gasteiger partial charge in [-0.15, -0.1) is 11.8 Å². The molecular formula is C15H20N2O2S. The molecular weight excluding hydrogens is 272 g/mol. The minimum atomic E-state index is -0.265. The van der Waals surface area contributed by atoms with Crippen LogP contribution in [0.4, 0.5) is 5.69 Å². The first-order valence-corrected chi connectivity index (χ1v) is 7.90. The van der Waals surface area contributed by atoms with E-state index >= 15 is 0 Å². The van der Waals surface area contributed by atoms with Crippen molar-refractivity contribution in [3.05, 3.63) is 29.8 Å². The molecule has 1 fully saturated rings. The average molecular weight is 292 g/mol. The van der Waals surface area contributed by atoms with Crippen LogP contribution in [0.15, 0.2) is 24.3 Å². The van der Waals surface area contributed by atoms with Crippen LogP contribution in [0.2, 0.25) is 0 Å². The molecule has 1 atom stereocenters. The molecule has 5 heteroatoms. The fourth-order valence-electron chi connectivity index (χ4n) is 2.05. The average Bonchev–Trinajstić information content (AvgIpc) is 2.42. The minimum Gasteiger partial charge on any atom is -0.354 e. The van der Waals surface area contributed by atoms with Gasteiger partial charge in [-0.25, -0.2) is 0 Å². The number of amides is 2. The highest BCUT2D eigenvalue weighted by Crippen LogP contribution is 2.20. The maximum Gasteiger partial charge on any atom is 0.233 e. The van der Waals surface area contributed by atoms with E-state index in [1.165, 1.54) is 5.56 Å². The first kappa shape index (κ1) is 14.9. The molecule has 0 aromatic heterocycles. The summed E-state index contributed by atoms with van der Waals surface area (Å²) in [5.74, 6) is 1.19. The van der Waals surface area contributed by atoms with E-state index in [9.17, 15) is 9.59 Å². The molecule has 1 heterocycles. The first-order valence-electron chi connectivity index (χ1n) is 6.85. The Morgan fingerprint density at radius 1 is 1.40 bits per heavy atom. The highest BCUT2D eigenvalue weighted by molar-refractivity contribution is 8.00. The summed E-state index contributed by atoms with van der Waals surface area (Å²) in [5, 5.41) is 5.36. The summed E-state index contributed by atoms with van der Waals surface area (Å²) < 4.78 is 0. The van der Waals surface area contributed by atoms with Crippen LogP contribution < -0.4 is 10.6 Å². The third-order valence-electron chi connectivity index (χ3n) is 3.24. The van der Waals surface area contributed by atoms with Gasteiger partial charge in [0.05, 0.1) is 5.25 Å². The lowest BCUT2D eigenvalue weighted by Gasteiger charge is -2.20. The van der Waals surface area contributed by atoms with Crippen LogP contribution in [0.1, 0.15) is 31.7 Å². The van der Waals surface area contributed by atoms with Gasteiger partial charge in [0, 0.05) is 24.4 Å². The second kappa shape index (κ2) is 6.79. The van der Waals surface area contributed by atoms with Crippen molar-refractivity contribution in [3.8, 4) is 0 Å². The minimum absolute atomic E-state index is 0.0356. The predicted octanol–water partition coefficient (Wildman–Crippen LogP) is 2.37. The van der Waals surface area contributed by atoms with E-state index in [0.717, 1.165) is 11.4 Å². The summed E-state index contributed by atoms with van der Waals surface area (Å²) in [4.78, 5) is 23.5. The molecule has 0 spiro atoms. The lowest BCUT2D eigenvalue weighted by atomic mass is 10.0. The van der Waals surface area contributed by atoms with Crippen molar-refractivity contribution in [1.82, 2.24) is 5.32 Å². The molecule has 0 aliphatic carbocycles. The van der Waals surface area contributed by atoms with Crippen LogP contribution >= 0.6 is 11.8 Å². The molecule has 20 heavy (non-hydrogen) atoms. The number of rotatable bonds is 4. The van der Waals surface area contributed by atoms with Crippen molar-refractivity contribution >= 4 is 29.3 Å². The van der Waals surface area contributed by atoms with Crippen LogP contribution in [0.25, 0.3) is 0 Å². The van der Waals surface area contributed by atoms with Gasteiger partial charge in [0.1, 0.15) is 0 Å². The van der Waals surface area contributed by atoms with Crippen LogP contribution in [0.3, 0.4) is 0 Å². The van der Waals surface area contributed by atoms with E-state index < -0.39 is 0 Å². The molecule has 1 aliphatic heterocycles. The third kappa shape index (κ3) is 4.00. The van der Waals surface area contributed by atoms with Crippen LogP contribution in [0, 0.1) is 0 Å². The number of carbonyl (C=O) groups is 2. The normalized spacial score (nSPS) is 18.8. The lowest BCUT2D eigenvalue weighted by molar-refractivity contribution is -0.123.